The minimum Gasteiger partial charge on any atom is -0.382 e. The number of ether oxygens (including phenoxy) is 1. The Morgan fingerprint density at radius 2 is 2.00 bits per heavy atom. The molecule has 5 heteroatoms. The SMILES string of the molecule is CCNC(=NCC(C)c1cccc(C)c1)NCCCCOCC.I. The number of nitrogens with one attached hydrogen (secondary N) is 2. The number of aliphatic imine (C=N–C) groups is 1. The first-order chi connectivity index (χ1) is 11.2. The summed E-state index contributed by atoms with van der Waals surface area (Å²) in [5.74, 6) is 1.33. The highest BCUT2D eigenvalue weighted by Crippen LogP contribution is 2.16. The van der Waals surface area contributed by atoms with Crippen LogP contribution in [0.1, 0.15) is 50.7 Å². The number of hydrogen-bond acceptors (Lipinski definition) is 2. The zero-order valence-electron chi connectivity index (χ0n) is 15.6. The van der Waals surface area contributed by atoms with Crippen LogP contribution >= 0.6 is 24.0 Å². The summed E-state index contributed by atoms with van der Waals surface area (Å²) in [7, 11) is 0. The van der Waals surface area contributed by atoms with Crippen molar-refractivity contribution in [1.29, 1.82) is 0 Å². The number of guanidine groups is 1. The van der Waals surface area contributed by atoms with E-state index in [1.54, 1.807) is 0 Å². The molecule has 0 fully saturated rings. The summed E-state index contributed by atoms with van der Waals surface area (Å²) < 4.78 is 5.35. The van der Waals surface area contributed by atoms with Gasteiger partial charge in [0.1, 0.15) is 0 Å². The van der Waals surface area contributed by atoms with Crippen molar-refractivity contribution in [3.8, 4) is 0 Å². The van der Waals surface area contributed by atoms with Crippen LogP contribution in [-0.2, 0) is 4.74 Å². The first kappa shape index (κ1) is 23.2. The van der Waals surface area contributed by atoms with Crippen LogP contribution in [0.2, 0.25) is 0 Å². The molecule has 4 nitrogen and oxygen atoms in total. The van der Waals surface area contributed by atoms with Crippen LogP contribution in [0, 0.1) is 6.92 Å². The van der Waals surface area contributed by atoms with Crippen LogP contribution in [0.25, 0.3) is 0 Å². The maximum absolute atomic E-state index is 5.35. The van der Waals surface area contributed by atoms with Gasteiger partial charge < -0.3 is 15.4 Å². The summed E-state index contributed by atoms with van der Waals surface area (Å²) in [6.45, 7) is 12.7. The number of hydrogen-bond donors (Lipinski definition) is 2. The molecule has 0 heterocycles. The molecule has 0 saturated heterocycles. The van der Waals surface area contributed by atoms with Gasteiger partial charge in [0, 0.05) is 38.8 Å². The number of benzene rings is 1. The van der Waals surface area contributed by atoms with Gasteiger partial charge in [-0.2, -0.15) is 0 Å². The summed E-state index contributed by atoms with van der Waals surface area (Å²) in [6, 6.07) is 8.68. The first-order valence-corrected chi connectivity index (χ1v) is 8.83. The second-order valence-electron chi connectivity index (χ2n) is 5.87. The Morgan fingerprint density at radius 3 is 2.67 bits per heavy atom. The summed E-state index contributed by atoms with van der Waals surface area (Å²) in [5, 5.41) is 6.71. The lowest BCUT2D eigenvalue weighted by atomic mass is 10.00. The van der Waals surface area contributed by atoms with Gasteiger partial charge in [0.05, 0.1) is 0 Å². The molecule has 0 bridgehead atoms. The van der Waals surface area contributed by atoms with E-state index in [-0.39, 0.29) is 24.0 Å². The lowest BCUT2D eigenvalue weighted by Gasteiger charge is -2.14. The van der Waals surface area contributed by atoms with E-state index in [1.165, 1.54) is 11.1 Å². The van der Waals surface area contributed by atoms with Crippen molar-refractivity contribution in [2.24, 2.45) is 4.99 Å². The average Bonchev–Trinajstić information content (AvgIpc) is 2.55. The molecule has 0 aliphatic heterocycles. The van der Waals surface area contributed by atoms with Gasteiger partial charge in [-0.15, -0.1) is 24.0 Å². The summed E-state index contributed by atoms with van der Waals surface area (Å²) in [6.07, 6.45) is 2.18. The number of aryl methyl sites for hydroxylation is 1. The number of halogens is 1. The van der Waals surface area contributed by atoms with Crippen LogP contribution in [0.4, 0.5) is 0 Å². The standard InChI is InChI=1S/C19H33N3O.HI/c1-5-20-19(21-12-7-8-13-23-6-2)22-15-17(4)18-11-9-10-16(3)14-18;/h9-11,14,17H,5-8,12-13,15H2,1-4H3,(H2,20,21,22);1H. The lowest BCUT2D eigenvalue weighted by Crippen LogP contribution is -2.38. The Hall–Kier alpha value is -0.820. The van der Waals surface area contributed by atoms with Gasteiger partial charge in [-0.05, 0) is 39.2 Å². The summed E-state index contributed by atoms with van der Waals surface area (Å²) in [4.78, 5) is 4.72. The molecule has 0 saturated carbocycles. The molecule has 2 N–H and O–H groups in total. The Bertz CT molecular complexity index is 466. The maximum Gasteiger partial charge on any atom is 0.191 e. The van der Waals surface area contributed by atoms with Crippen LogP contribution in [0.3, 0.4) is 0 Å². The fourth-order valence-electron chi connectivity index (χ4n) is 2.33. The third-order valence-electron chi connectivity index (χ3n) is 3.69. The molecule has 0 radical (unpaired) electrons. The minimum absolute atomic E-state index is 0. The Labute approximate surface area is 164 Å². The van der Waals surface area contributed by atoms with E-state index in [2.05, 4.69) is 55.7 Å². The largest absolute Gasteiger partial charge is 0.382 e. The van der Waals surface area contributed by atoms with E-state index >= 15 is 0 Å². The fraction of sp³-hybridized carbons (Fsp3) is 0.632. The smallest absolute Gasteiger partial charge is 0.191 e. The molecular formula is C19H34IN3O. The molecule has 1 aromatic carbocycles. The van der Waals surface area contributed by atoms with Crippen molar-refractivity contribution >= 4 is 29.9 Å². The van der Waals surface area contributed by atoms with Crippen molar-refractivity contribution in [3.05, 3.63) is 35.4 Å². The third kappa shape index (κ3) is 10.1. The third-order valence-corrected chi connectivity index (χ3v) is 3.69. The molecule has 0 spiro atoms. The molecule has 138 valence electrons. The van der Waals surface area contributed by atoms with Gasteiger partial charge in [0.2, 0.25) is 0 Å². The normalized spacial score (nSPS) is 12.4. The minimum atomic E-state index is 0. The highest BCUT2D eigenvalue weighted by atomic mass is 127. The highest BCUT2D eigenvalue weighted by molar-refractivity contribution is 14.0. The maximum atomic E-state index is 5.35. The van der Waals surface area contributed by atoms with Gasteiger partial charge in [-0.1, -0.05) is 36.8 Å². The highest BCUT2D eigenvalue weighted by Gasteiger charge is 2.05. The van der Waals surface area contributed by atoms with Crippen molar-refractivity contribution in [2.45, 2.75) is 46.5 Å². The van der Waals surface area contributed by atoms with Crippen LogP contribution < -0.4 is 10.6 Å². The van der Waals surface area contributed by atoms with Gasteiger partial charge >= 0.3 is 0 Å². The molecule has 1 atom stereocenters. The van der Waals surface area contributed by atoms with E-state index in [9.17, 15) is 0 Å². The summed E-state index contributed by atoms with van der Waals surface area (Å²) in [5.41, 5.74) is 2.65. The first-order valence-electron chi connectivity index (χ1n) is 8.83. The molecule has 24 heavy (non-hydrogen) atoms. The van der Waals surface area contributed by atoms with Crippen molar-refractivity contribution in [3.63, 3.8) is 0 Å². The molecule has 0 aromatic heterocycles. The van der Waals surface area contributed by atoms with Crippen molar-refractivity contribution < 1.29 is 4.74 Å². The topological polar surface area (TPSA) is 45.7 Å². The zero-order valence-corrected chi connectivity index (χ0v) is 17.9. The van der Waals surface area contributed by atoms with Crippen molar-refractivity contribution in [1.82, 2.24) is 10.6 Å². The van der Waals surface area contributed by atoms with Gasteiger partial charge in [-0.3, -0.25) is 4.99 Å². The molecular weight excluding hydrogens is 413 g/mol. The Balaban J connectivity index is 0.00000529. The van der Waals surface area contributed by atoms with Gasteiger partial charge in [-0.25, -0.2) is 0 Å². The molecule has 0 aliphatic carbocycles. The fourth-order valence-corrected chi connectivity index (χ4v) is 2.33. The molecule has 1 rings (SSSR count). The zero-order chi connectivity index (χ0) is 16.9. The average molecular weight is 447 g/mol. The van der Waals surface area contributed by atoms with E-state index in [1.807, 2.05) is 6.92 Å². The van der Waals surface area contributed by atoms with Crippen LogP contribution in [0.15, 0.2) is 29.3 Å². The Morgan fingerprint density at radius 1 is 1.21 bits per heavy atom. The van der Waals surface area contributed by atoms with E-state index in [0.29, 0.717) is 5.92 Å². The molecule has 0 aliphatic rings. The molecule has 1 unspecified atom stereocenters. The van der Waals surface area contributed by atoms with Crippen LogP contribution in [0.5, 0.6) is 0 Å². The van der Waals surface area contributed by atoms with E-state index in [4.69, 9.17) is 9.73 Å². The second-order valence-corrected chi connectivity index (χ2v) is 5.87. The van der Waals surface area contributed by atoms with Crippen molar-refractivity contribution in [2.75, 3.05) is 32.8 Å². The predicted octanol–water partition coefficient (Wildman–Crippen LogP) is 4.09. The van der Waals surface area contributed by atoms with E-state index < -0.39 is 0 Å². The van der Waals surface area contributed by atoms with Gasteiger partial charge in [0.15, 0.2) is 5.96 Å². The Kier molecular flexibility index (Phi) is 14.0. The monoisotopic (exact) mass is 447 g/mol. The van der Waals surface area contributed by atoms with Crippen LogP contribution in [-0.4, -0.2) is 38.8 Å². The molecule has 0 amide bonds. The number of nitrogens with zero attached hydrogens (tertiary/aromatic N) is 1. The number of rotatable bonds is 10. The predicted molar refractivity (Wildman–Crippen MR) is 115 cm³/mol. The van der Waals surface area contributed by atoms with E-state index in [0.717, 1.165) is 51.6 Å². The lowest BCUT2D eigenvalue weighted by molar-refractivity contribution is 0.143. The molecule has 1 aromatic rings. The quantitative estimate of drug-likeness (QED) is 0.246. The second kappa shape index (κ2) is 14.5. The van der Waals surface area contributed by atoms with Gasteiger partial charge in [0.25, 0.3) is 0 Å². The number of unbranched alkanes of at least 4 members (excludes halogenated alkanes) is 1. The summed E-state index contributed by atoms with van der Waals surface area (Å²) >= 11 is 0.